The number of aromatic nitrogens is 1. The predicted octanol–water partition coefficient (Wildman–Crippen LogP) is 2.29. The summed E-state index contributed by atoms with van der Waals surface area (Å²) in [7, 11) is 0. The maximum absolute atomic E-state index is 12.3. The molecule has 0 radical (unpaired) electrons. The lowest BCUT2D eigenvalue weighted by molar-refractivity contribution is -0.126. The minimum absolute atomic E-state index is 0.0755. The van der Waals surface area contributed by atoms with Gasteiger partial charge in [-0.15, -0.1) is 0 Å². The van der Waals surface area contributed by atoms with Crippen molar-refractivity contribution in [3.63, 3.8) is 0 Å². The molecular weight excluding hydrogens is 366 g/mol. The van der Waals surface area contributed by atoms with Gasteiger partial charge >= 0.3 is 0 Å². The van der Waals surface area contributed by atoms with E-state index in [0.29, 0.717) is 17.3 Å². The molecule has 0 aliphatic carbocycles. The Hall–Kier alpha value is -3.04. The molecule has 7 heteroatoms. The number of benzene rings is 1. The predicted molar refractivity (Wildman–Crippen MR) is 102 cm³/mol. The molecule has 1 atom stereocenters. The van der Waals surface area contributed by atoms with Gasteiger partial charge in [-0.05, 0) is 36.4 Å². The summed E-state index contributed by atoms with van der Waals surface area (Å²) in [6.07, 6.45) is 3.45. The van der Waals surface area contributed by atoms with Crippen molar-refractivity contribution in [3.05, 3.63) is 53.8 Å². The van der Waals surface area contributed by atoms with Crippen molar-refractivity contribution in [2.24, 2.45) is 5.92 Å². The number of hydrogen-bond acceptors (Lipinski definition) is 4. The summed E-state index contributed by atoms with van der Waals surface area (Å²) in [4.78, 5) is 30.0. The molecule has 1 aliphatic rings. The van der Waals surface area contributed by atoms with Crippen LogP contribution in [0.1, 0.15) is 6.42 Å². The zero-order valence-corrected chi connectivity index (χ0v) is 15.3. The van der Waals surface area contributed by atoms with Gasteiger partial charge in [-0.2, -0.15) is 0 Å². The highest BCUT2D eigenvalue weighted by Gasteiger charge is 2.34. The number of amides is 2. The molecule has 1 aromatic heterocycles. The summed E-state index contributed by atoms with van der Waals surface area (Å²) in [6, 6.07) is 10.6. The van der Waals surface area contributed by atoms with Gasteiger partial charge in [0, 0.05) is 29.9 Å². The van der Waals surface area contributed by atoms with Crippen LogP contribution in [0.2, 0.25) is 5.02 Å². The SMILES string of the molecule is O=C(NCC#CCOc1cccnc1)C1CC(=O)N(c2ccc(Cl)cc2)C1. The van der Waals surface area contributed by atoms with Gasteiger partial charge in [-0.1, -0.05) is 23.4 Å². The van der Waals surface area contributed by atoms with E-state index in [9.17, 15) is 9.59 Å². The van der Waals surface area contributed by atoms with Crippen LogP contribution in [0, 0.1) is 17.8 Å². The number of ether oxygens (including phenoxy) is 1. The number of pyridine rings is 1. The van der Waals surface area contributed by atoms with E-state index in [1.807, 2.05) is 0 Å². The van der Waals surface area contributed by atoms with Crippen LogP contribution in [0.15, 0.2) is 48.8 Å². The van der Waals surface area contributed by atoms with E-state index in [-0.39, 0.29) is 37.3 Å². The minimum Gasteiger partial charge on any atom is -0.479 e. The summed E-state index contributed by atoms with van der Waals surface area (Å²) in [5.41, 5.74) is 0.743. The first-order valence-corrected chi connectivity index (χ1v) is 8.83. The number of rotatable bonds is 5. The number of carbonyl (C=O) groups excluding carboxylic acids is 2. The number of nitrogens with one attached hydrogen (secondary N) is 1. The summed E-state index contributed by atoms with van der Waals surface area (Å²) < 4.78 is 5.39. The lowest BCUT2D eigenvalue weighted by atomic mass is 10.1. The molecule has 1 unspecified atom stereocenters. The van der Waals surface area contributed by atoms with Crippen molar-refractivity contribution in [2.75, 3.05) is 24.6 Å². The minimum atomic E-state index is -0.387. The second kappa shape index (κ2) is 9.06. The van der Waals surface area contributed by atoms with E-state index in [2.05, 4.69) is 22.1 Å². The van der Waals surface area contributed by atoms with Crippen molar-refractivity contribution in [1.29, 1.82) is 0 Å². The van der Waals surface area contributed by atoms with E-state index < -0.39 is 0 Å². The van der Waals surface area contributed by atoms with Crippen LogP contribution < -0.4 is 15.0 Å². The van der Waals surface area contributed by atoms with Gasteiger partial charge in [-0.3, -0.25) is 14.6 Å². The van der Waals surface area contributed by atoms with Crippen LogP contribution in [0.4, 0.5) is 5.69 Å². The van der Waals surface area contributed by atoms with Gasteiger partial charge < -0.3 is 15.0 Å². The van der Waals surface area contributed by atoms with E-state index >= 15 is 0 Å². The number of anilines is 1. The van der Waals surface area contributed by atoms with Gasteiger partial charge in [0.05, 0.1) is 18.7 Å². The first-order valence-electron chi connectivity index (χ1n) is 8.45. The molecular formula is C20H18ClN3O3. The van der Waals surface area contributed by atoms with Crippen molar-refractivity contribution >= 4 is 29.1 Å². The molecule has 1 aromatic carbocycles. The normalized spacial score (nSPS) is 15.8. The van der Waals surface area contributed by atoms with Crippen molar-refractivity contribution in [2.45, 2.75) is 6.42 Å². The molecule has 3 rings (SSSR count). The third kappa shape index (κ3) is 5.22. The number of nitrogens with zero attached hydrogens (tertiary/aromatic N) is 2. The fourth-order valence-electron chi connectivity index (χ4n) is 2.69. The maximum Gasteiger partial charge on any atom is 0.227 e. The molecule has 27 heavy (non-hydrogen) atoms. The van der Waals surface area contributed by atoms with Gasteiger partial charge in [0.2, 0.25) is 11.8 Å². The summed E-state index contributed by atoms with van der Waals surface area (Å²) >= 11 is 5.87. The molecule has 2 aromatic rings. The van der Waals surface area contributed by atoms with Gasteiger partial charge in [0.25, 0.3) is 0 Å². The Bertz CT molecular complexity index is 860. The summed E-state index contributed by atoms with van der Waals surface area (Å²) in [5, 5.41) is 3.35. The second-order valence-corrected chi connectivity index (χ2v) is 6.37. The molecule has 6 nitrogen and oxygen atoms in total. The highest BCUT2D eigenvalue weighted by atomic mass is 35.5. The van der Waals surface area contributed by atoms with Gasteiger partial charge in [-0.25, -0.2) is 0 Å². The molecule has 1 saturated heterocycles. The van der Waals surface area contributed by atoms with Crippen molar-refractivity contribution in [1.82, 2.24) is 10.3 Å². The zero-order valence-electron chi connectivity index (χ0n) is 14.5. The Balaban J connectivity index is 1.43. The monoisotopic (exact) mass is 383 g/mol. The Morgan fingerprint density at radius 1 is 1.30 bits per heavy atom. The Morgan fingerprint density at radius 2 is 2.11 bits per heavy atom. The fraction of sp³-hybridized carbons (Fsp3) is 0.250. The molecule has 1 aliphatic heterocycles. The molecule has 1 N–H and O–H groups in total. The zero-order chi connectivity index (χ0) is 19.1. The van der Waals surface area contributed by atoms with Gasteiger partial charge in [0.15, 0.2) is 0 Å². The van der Waals surface area contributed by atoms with Crippen LogP contribution in [0.5, 0.6) is 5.75 Å². The molecule has 0 spiro atoms. The summed E-state index contributed by atoms with van der Waals surface area (Å²) in [5.74, 6) is 5.65. The number of halogens is 1. The topological polar surface area (TPSA) is 71.5 Å². The van der Waals surface area contributed by atoms with E-state index in [0.717, 1.165) is 5.69 Å². The molecule has 2 amide bonds. The van der Waals surface area contributed by atoms with Crippen LogP contribution in [-0.4, -0.2) is 36.5 Å². The van der Waals surface area contributed by atoms with Gasteiger partial charge in [0.1, 0.15) is 12.4 Å². The fourth-order valence-corrected chi connectivity index (χ4v) is 2.82. The lowest BCUT2D eigenvalue weighted by Gasteiger charge is -2.16. The maximum atomic E-state index is 12.3. The highest BCUT2D eigenvalue weighted by molar-refractivity contribution is 6.30. The van der Waals surface area contributed by atoms with Crippen LogP contribution in [0.25, 0.3) is 0 Å². The lowest BCUT2D eigenvalue weighted by Crippen LogP contribution is -2.33. The molecule has 1 fully saturated rings. The van der Waals surface area contributed by atoms with Crippen LogP contribution >= 0.6 is 11.6 Å². The smallest absolute Gasteiger partial charge is 0.227 e. The van der Waals surface area contributed by atoms with Crippen LogP contribution in [-0.2, 0) is 9.59 Å². The standard InChI is InChI=1S/C20H18ClN3O3/c21-16-5-7-17(8-6-16)24-14-15(12-19(24)25)20(26)23-10-1-2-11-27-18-4-3-9-22-13-18/h3-9,13,15H,10-12,14H2,(H,23,26). The largest absolute Gasteiger partial charge is 0.479 e. The third-order valence-corrected chi connectivity index (χ3v) is 4.31. The molecule has 0 bridgehead atoms. The third-order valence-electron chi connectivity index (χ3n) is 4.06. The second-order valence-electron chi connectivity index (χ2n) is 5.93. The van der Waals surface area contributed by atoms with Crippen molar-refractivity contribution in [3.8, 4) is 17.6 Å². The van der Waals surface area contributed by atoms with E-state index in [1.165, 1.54) is 0 Å². The van der Waals surface area contributed by atoms with E-state index in [1.54, 1.807) is 53.7 Å². The number of carbonyl (C=O) groups is 2. The highest BCUT2D eigenvalue weighted by Crippen LogP contribution is 2.26. The average Bonchev–Trinajstić information content (AvgIpc) is 3.07. The van der Waals surface area contributed by atoms with Crippen LogP contribution in [0.3, 0.4) is 0 Å². The molecule has 138 valence electrons. The Kier molecular flexibility index (Phi) is 6.29. The molecule has 0 saturated carbocycles. The van der Waals surface area contributed by atoms with Crippen molar-refractivity contribution < 1.29 is 14.3 Å². The molecule has 2 heterocycles. The quantitative estimate of drug-likeness (QED) is 0.804. The Morgan fingerprint density at radius 3 is 2.85 bits per heavy atom. The average molecular weight is 384 g/mol. The van der Waals surface area contributed by atoms with E-state index in [4.69, 9.17) is 16.3 Å². The first-order chi connectivity index (χ1) is 13.1. The summed E-state index contributed by atoms with van der Waals surface area (Å²) in [6.45, 7) is 0.776. The first kappa shape index (κ1) is 18.7. The number of hydrogen-bond donors (Lipinski definition) is 1. The Labute approximate surface area is 162 Å².